The molecule has 0 unspecified atom stereocenters. The van der Waals surface area contributed by atoms with Crippen LogP contribution in [0.5, 0.6) is 11.5 Å². The van der Waals surface area contributed by atoms with Crippen molar-refractivity contribution in [2.75, 3.05) is 7.11 Å². The fourth-order valence-electron chi connectivity index (χ4n) is 3.54. The molecular formula is C28H27FN2O3S. The number of halogens is 1. The second-order valence-electron chi connectivity index (χ2n) is 8.43. The Balaban J connectivity index is 1.56. The third-order valence-corrected chi connectivity index (χ3v) is 6.39. The molecule has 1 heterocycles. The van der Waals surface area contributed by atoms with Gasteiger partial charge in [-0.25, -0.2) is 9.38 Å². The minimum atomic E-state index is -0.286. The van der Waals surface area contributed by atoms with Crippen LogP contribution >= 0.6 is 11.8 Å². The molecule has 1 amide bonds. The van der Waals surface area contributed by atoms with Gasteiger partial charge in [-0.3, -0.25) is 9.69 Å². The van der Waals surface area contributed by atoms with Gasteiger partial charge in [0.05, 0.1) is 17.7 Å². The first-order chi connectivity index (χ1) is 16.8. The van der Waals surface area contributed by atoms with Gasteiger partial charge in [0.15, 0.2) is 16.7 Å². The first-order valence-corrected chi connectivity index (χ1v) is 12.1. The summed E-state index contributed by atoms with van der Waals surface area (Å²) in [5.74, 6) is 0.749. The Morgan fingerprint density at radius 3 is 2.40 bits per heavy atom. The van der Waals surface area contributed by atoms with Crippen LogP contribution in [-0.2, 0) is 11.4 Å². The monoisotopic (exact) mass is 490 g/mol. The molecule has 1 fully saturated rings. The maximum absolute atomic E-state index is 13.2. The lowest BCUT2D eigenvalue weighted by molar-refractivity contribution is -0.123. The van der Waals surface area contributed by atoms with E-state index in [1.807, 2.05) is 63.2 Å². The molecule has 0 bridgehead atoms. The van der Waals surface area contributed by atoms with E-state index in [1.165, 1.54) is 23.9 Å². The summed E-state index contributed by atoms with van der Waals surface area (Å²) in [6.45, 7) is 6.26. The van der Waals surface area contributed by atoms with E-state index in [2.05, 4.69) is 0 Å². The number of rotatable bonds is 7. The summed E-state index contributed by atoms with van der Waals surface area (Å²) in [6.07, 6.45) is 1.84. The van der Waals surface area contributed by atoms with Crippen LogP contribution in [0.15, 0.2) is 76.6 Å². The van der Waals surface area contributed by atoms with Crippen LogP contribution in [0.1, 0.15) is 30.5 Å². The quantitative estimate of drug-likeness (QED) is 0.345. The summed E-state index contributed by atoms with van der Waals surface area (Å²) in [6, 6.07) is 19.5. The first kappa shape index (κ1) is 24.5. The predicted octanol–water partition coefficient (Wildman–Crippen LogP) is 6.73. The third-order valence-electron chi connectivity index (χ3n) is 5.41. The van der Waals surface area contributed by atoms with Crippen molar-refractivity contribution in [3.63, 3.8) is 0 Å². The molecule has 1 aliphatic rings. The number of hydrogen-bond acceptors (Lipinski definition) is 5. The number of thioether (sulfide) groups is 1. The molecular weight excluding hydrogens is 463 g/mol. The number of ether oxygens (including phenoxy) is 2. The van der Waals surface area contributed by atoms with Gasteiger partial charge in [0, 0.05) is 6.04 Å². The van der Waals surface area contributed by atoms with Crippen LogP contribution in [0.2, 0.25) is 0 Å². The highest BCUT2D eigenvalue weighted by atomic mass is 32.2. The fourth-order valence-corrected chi connectivity index (χ4v) is 4.66. The Kier molecular flexibility index (Phi) is 7.56. The molecule has 0 atom stereocenters. The highest BCUT2D eigenvalue weighted by Gasteiger charge is 2.35. The second kappa shape index (κ2) is 10.8. The van der Waals surface area contributed by atoms with Crippen LogP contribution in [0.3, 0.4) is 0 Å². The predicted molar refractivity (Wildman–Crippen MR) is 140 cm³/mol. The van der Waals surface area contributed by atoms with Gasteiger partial charge in [0.25, 0.3) is 5.91 Å². The molecule has 4 rings (SSSR count). The Morgan fingerprint density at radius 2 is 1.74 bits per heavy atom. The van der Waals surface area contributed by atoms with Crippen molar-refractivity contribution >= 4 is 34.6 Å². The normalized spacial score (nSPS) is 15.9. The number of benzene rings is 3. The summed E-state index contributed by atoms with van der Waals surface area (Å²) in [4.78, 5) is 20.2. The van der Waals surface area contributed by atoms with Gasteiger partial charge >= 0.3 is 0 Å². The molecule has 3 aromatic carbocycles. The Morgan fingerprint density at radius 1 is 1.03 bits per heavy atom. The van der Waals surface area contributed by atoms with Gasteiger partial charge in [-0.1, -0.05) is 35.9 Å². The number of nitrogens with zero attached hydrogens (tertiary/aromatic N) is 2. The molecule has 1 saturated heterocycles. The molecule has 0 N–H and O–H groups in total. The fraction of sp³-hybridized carbons (Fsp3) is 0.214. The maximum atomic E-state index is 13.2. The molecule has 7 heteroatoms. The number of amides is 1. The summed E-state index contributed by atoms with van der Waals surface area (Å²) < 4.78 is 24.5. The van der Waals surface area contributed by atoms with E-state index in [0.717, 1.165) is 22.4 Å². The second-order valence-corrected chi connectivity index (χ2v) is 9.44. The molecule has 180 valence electrons. The lowest BCUT2D eigenvalue weighted by Crippen LogP contribution is -2.35. The maximum Gasteiger partial charge on any atom is 0.266 e. The lowest BCUT2D eigenvalue weighted by atomic mass is 10.1. The van der Waals surface area contributed by atoms with Crippen LogP contribution < -0.4 is 9.47 Å². The topological polar surface area (TPSA) is 51.1 Å². The Bertz CT molecular complexity index is 1270. The average molecular weight is 491 g/mol. The van der Waals surface area contributed by atoms with E-state index in [4.69, 9.17) is 14.5 Å². The molecule has 35 heavy (non-hydrogen) atoms. The van der Waals surface area contributed by atoms with Crippen LogP contribution in [-0.4, -0.2) is 29.1 Å². The summed E-state index contributed by atoms with van der Waals surface area (Å²) in [5.41, 5.74) is 3.63. The smallest absolute Gasteiger partial charge is 0.266 e. The van der Waals surface area contributed by atoms with Crippen molar-refractivity contribution in [2.24, 2.45) is 4.99 Å². The number of aliphatic imine (C=N–C) groups is 1. The average Bonchev–Trinajstić information content (AvgIpc) is 3.15. The minimum Gasteiger partial charge on any atom is -0.493 e. The zero-order valence-electron chi connectivity index (χ0n) is 20.1. The molecule has 0 spiro atoms. The van der Waals surface area contributed by atoms with Crippen molar-refractivity contribution < 1.29 is 18.7 Å². The highest BCUT2D eigenvalue weighted by molar-refractivity contribution is 8.18. The van der Waals surface area contributed by atoms with E-state index >= 15 is 0 Å². The summed E-state index contributed by atoms with van der Waals surface area (Å²) in [7, 11) is 1.57. The molecule has 3 aromatic rings. The number of carbonyl (C=O) groups excluding carboxylic acids is 1. The minimum absolute atomic E-state index is 0.0260. The number of methoxy groups -OCH3 is 1. The molecule has 0 saturated carbocycles. The van der Waals surface area contributed by atoms with E-state index < -0.39 is 0 Å². The van der Waals surface area contributed by atoms with Gasteiger partial charge < -0.3 is 9.47 Å². The summed E-state index contributed by atoms with van der Waals surface area (Å²) in [5, 5.41) is 0.659. The van der Waals surface area contributed by atoms with Crippen LogP contribution in [0.25, 0.3) is 6.08 Å². The zero-order chi connectivity index (χ0) is 24.9. The SMILES string of the molecule is COc1cc(/C=C2/SC(=Nc3ccc(C)cc3)N(C(C)C)C2=O)ccc1OCc1ccc(F)cc1. The van der Waals surface area contributed by atoms with Gasteiger partial charge in [0.1, 0.15) is 12.4 Å². The van der Waals surface area contributed by atoms with Gasteiger partial charge in [-0.05, 0) is 86.1 Å². The summed E-state index contributed by atoms with van der Waals surface area (Å²) >= 11 is 1.36. The Hall–Kier alpha value is -3.58. The molecule has 0 aromatic heterocycles. The molecule has 0 radical (unpaired) electrons. The number of hydrogen-bond donors (Lipinski definition) is 0. The van der Waals surface area contributed by atoms with Crippen molar-refractivity contribution in [3.8, 4) is 11.5 Å². The molecule has 1 aliphatic heterocycles. The molecule has 0 aliphatic carbocycles. The van der Waals surface area contributed by atoms with Crippen molar-refractivity contribution in [1.29, 1.82) is 0 Å². The van der Waals surface area contributed by atoms with Crippen molar-refractivity contribution in [2.45, 2.75) is 33.4 Å². The largest absolute Gasteiger partial charge is 0.493 e. The number of carbonyl (C=O) groups is 1. The Labute approximate surface area is 209 Å². The number of aryl methyl sites for hydroxylation is 1. The van der Waals surface area contributed by atoms with Crippen LogP contribution in [0.4, 0.5) is 10.1 Å². The van der Waals surface area contributed by atoms with Crippen molar-refractivity contribution in [3.05, 3.63) is 94.1 Å². The van der Waals surface area contributed by atoms with Crippen molar-refractivity contribution in [1.82, 2.24) is 4.90 Å². The van der Waals surface area contributed by atoms with Gasteiger partial charge in [-0.2, -0.15) is 0 Å². The van der Waals surface area contributed by atoms with E-state index in [-0.39, 0.29) is 24.4 Å². The van der Waals surface area contributed by atoms with Gasteiger partial charge in [0.2, 0.25) is 0 Å². The van der Waals surface area contributed by atoms with Crippen LogP contribution in [0, 0.1) is 12.7 Å². The zero-order valence-corrected chi connectivity index (χ0v) is 20.9. The van der Waals surface area contributed by atoms with E-state index in [1.54, 1.807) is 30.2 Å². The number of amidine groups is 1. The third kappa shape index (κ3) is 5.92. The van der Waals surface area contributed by atoms with Gasteiger partial charge in [-0.15, -0.1) is 0 Å². The van der Waals surface area contributed by atoms with E-state index in [9.17, 15) is 9.18 Å². The lowest BCUT2D eigenvalue weighted by Gasteiger charge is -2.19. The first-order valence-electron chi connectivity index (χ1n) is 11.3. The molecule has 5 nitrogen and oxygen atoms in total. The van der Waals surface area contributed by atoms with E-state index in [0.29, 0.717) is 21.6 Å². The standard InChI is InChI=1S/C28H27FN2O3S/c1-18(2)31-27(32)26(35-28(31)30-23-12-5-19(3)6-13-23)16-21-9-14-24(25(15-21)33-4)34-17-20-7-10-22(29)11-8-20/h5-16,18H,17H2,1-4H3/b26-16+,30-28?. The highest BCUT2D eigenvalue weighted by Crippen LogP contribution is 2.37.